The van der Waals surface area contributed by atoms with Gasteiger partial charge in [0.15, 0.2) is 0 Å². The number of likely N-dealkylation sites (N-methyl/N-ethyl adjacent to an activating group) is 1. The Kier molecular flexibility index (Phi) is 7.12. The Morgan fingerprint density at radius 3 is 2.13 bits per heavy atom. The Balaban J connectivity index is 1.24. The third-order valence-corrected chi connectivity index (χ3v) is 5.93. The molecule has 1 aliphatic rings. The minimum Gasteiger partial charge on any atom is -0.348 e. The van der Waals surface area contributed by atoms with E-state index >= 15 is 0 Å². The van der Waals surface area contributed by atoms with E-state index in [9.17, 15) is 4.79 Å². The monoisotopic (exact) mass is 417 g/mol. The lowest BCUT2D eigenvalue weighted by molar-refractivity contribution is 0.0951. The number of imidazole rings is 1. The first-order valence-electron chi connectivity index (χ1n) is 11.0. The highest BCUT2D eigenvalue weighted by molar-refractivity contribution is 5.94. The molecule has 1 aliphatic heterocycles. The summed E-state index contributed by atoms with van der Waals surface area (Å²) in [6.07, 6.45) is 5.48. The molecule has 0 atom stereocenters. The van der Waals surface area contributed by atoms with Crippen LogP contribution in [0.5, 0.6) is 0 Å². The molecule has 1 fully saturated rings. The van der Waals surface area contributed by atoms with Gasteiger partial charge in [-0.25, -0.2) is 4.98 Å². The van der Waals surface area contributed by atoms with Crippen molar-refractivity contribution in [2.24, 2.45) is 0 Å². The zero-order valence-electron chi connectivity index (χ0n) is 18.2. The van der Waals surface area contributed by atoms with Gasteiger partial charge in [-0.15, -0.1) is 0 Å². The van der Waals surface area contributed by atoms with Gasteiger partial charge in [-0.3, -0.25) is 9.69 Å². The molecule has 0 aliphatic carbocycles. The van der Waals surface area contributed by atoms with Gasteiger partial charge in [0.05, 0.1) is 6.33 Å². The van der Waals surface area contributed by atoms with Crippen molar-refractivity contribution in [1.82, 2.24) is 24.7 Å². The molecule has 4 rings (SSSR count). The van der Waals surface area contributed by atoms with E-state index in [1.165, 1.54) is 5.56 Å². The Morgan fingerprint density at radius 1 is 0.871 bits per heavy atom. The third kappa shape index (κ3) is 6.03. The molecule has 0 unspecified atom stereocenters. The van der Waals surface area contributed by atoms with Crippen LogP contribution in [0.4, 0.5) is 0 Å². The fraction of sp³-hybridized carbons (Fsp3) is 0.360. The number of benzene rings is 2. The normalized spacial score (nSPS) is 15.1. The molecule has 1 aromatic heterocycles. The largest absolute Gasteiger partial charge is 0.348 e. The summed E-state index contributed by atoms with van der Waals surface area (Å²) in [5.74, 6) is -0.0490. The maximum Gasteiger partial charge on any atom is 0.251 e. The Morgan fingerprint density at radius 2 is 1.48 bits per heavy atom. The van der Waals surface area contributed by atoms with E-state index < -0.39 is 0 Å². The molecule has 162 valence electrons. The van der Waals surface area contributed by atoms with Crippen LogP contribution in [0.3, 0.4) is 0 Å². The van der Waals surface area contributed by atoms with E-state index in [2.05, 4.69) is 51.3 Å². The van der Waals surface area contributed by atoms with E-state index in [0.717, 1.165) is 56.9 Å². The topological polar surface area (TPSA) is 53.4 Å². The van der Waals surface area contributed by atoms with Gasteiger partial charge < -0.3 is 14.8 Å². The average Bonchev–Trinajstić information content (AvgIpc) is 3.32. The van der Waals surface area contributed by atoms with Gasteiger partial charge in [-0.05, 0) is 35.4 Å². The van der Waals surface area contributed by atoms with Gasteiger partial charge in [0.25, 0.3) is 5.91 Å². The maximum absolute atomic E-state index is 12.5. The van der Waals surface area contributed by atoms with E-state index in [0.29, 0.717) is 12.1 Å². The molecular formula is C25H31N5O. The summed E-state index contributed by atoms with van der Waals surface area (Å²) < 4.78 is 2.00. The summed E-state index contributed by atoms with van der Waals surface area (Å²) in [6, 6.07) is 16.3. The van der Waals surface area contributed by atoms with Gasteiger partial charge in [0, 0.05) is 63.8 Å². The van der Waals surface area contributed by atoms with E-state index in [-0.39, 0.29) is 5.91 Å². The van der Waals surface area contributed by atoms with Crippen LogP contribution in [0.25, 0.3) is 0 Å². The number of piperazine rings is 1. The highest BCUT2D eigenvalue weighted by Crippen LogP contribution is 2.11. The predicted molar refractivity (Wildman–Crippen MR) is 123 cm³/mol. The van der Waals surface area contributed by atoms with Crippen molar-refractivity contribution < 1.29 is 4.79 Å². The van der Waals surface area contributed by atoms with Crippen LogP contribution in [-0.4, -0.2) is 58.0 Å². The van der Waals surface area contributed by atoms with Crippen molar-refractivity contribution >= 4 is 5.91 Å². The minimum absolute atomic E-state index is 0.0490. The van der Waals surface area contributed by atoms with Gasteiger partial charge in [-0.2, -0.15) is 0 Å². The van der Waals surface area contributed by atoms with Crippen LogP contribution in [-0.2, 0) is 19.6 Å². The number of nitrogens with one attached hydrogen (secondary N) is 1. The average molecular weight is 418 g/mol. The molecule has 1 N–H and O–H groups in total. The standard InChI is InChI=1S/C25H31N5O/c1-2-28-13-15-29(16-14-28)18-22-5-3-21(4-6-22)17-27-25(31)24-9-7-23(8-10-24)19-30-12-11-26-20-30/h3-12,20H,2,13-19H2,1H3,(H,27,31). The number of rotatable bonds is 8. The van der Waals surface area contributed by atoms with Crippen molar-refractivity contribution in [2.45, 2.75) is 26.6 Å². The molecular weight excluding hydrogens is 386 g/mol. The quantitative estimate of drug-likeness (QED) is 0.612. The summed E-state index contributed by atoms with van der Waals surface area (Å²) >= 11 is 0. The van der Waals surface area contributed by atoms with Crippen LogP contribution < -0.4 is 5.32 Å². The summed E-state index contributed by atoms with van der Waals surface area (Å²) in [4.78, 5) is 21.6. The Bertz CT molecular complexity index is 943. The van der Waals surface area contributed by atoms with E-state index in [1.807, 2.05) is 35.0 Å². The lowest BCUT2D eigenvalue weighted by atomic mass is 10.1. The van der Waals surface area contributed by atoms with Crippen molar-refractivity contribution in [2.75, 3.05) is 32.7 Å². The molecule has 2 aromatic carbocycles. The highest BCUT2D eigenvalue weighted by atomic mass is 16.1. The molecule has 2 heterocycles. The zero-order chi connectivity index (χ0) is 21.5. The molecule has 31 heavy (non-hydrogen) atoms. The van der Waals surface area contributed by atoms with Crippen LogP contribution in [0.15, 0.2) is 67.3 Å². The Hall–Kier alpha value is -2.96. The van der Waals surface area contributed by atoms with Crippen molar-refractivity contribution in [3.05, 3.63) is 89.5 Å². The predicted octanol–water partition coefficient (Wildman–Crippen LogP) is 3.00. The molecule has 1 saturated heterocycles. The molecule has 0 saturated carbocycles. The first-order valence-corrected chi connectivity index (χ1v) is 11.0. The molecule has 6 nitrogen and oxygen atoms in total. The lowest BCUT2D eigenvalue weighted by Gasteiger charge is -2.34. The zero-order valence-corrected chi connectivity index (χ0v) is 18.2. The maximum atomic E-state index is 12.5. The molecule has 0 radical (unpaired) electrons. The molecule has 1 amide bonds. The van der Waals surface area contributed by atoms with Crippen molar-refractivity contribution in [1.29, 1.82) is 0 Å². The van der Waals surface area contributed by atoms with E-state index in [4.69, 9.17) is 0 Å². The van der Waals surface area contributed by atoms with Crippen molar-refractivity contribution in [3.63, 3.8) is 0 Å². The number of aromatic nitrogens is 2. The minimum atomic E-state index is -0.0490. The van der Waals surface area contributed by atoms with Crippen LogP contribution >= 0.6 is 0 Å². The first-order chi connectivity index (χ1) is 15.2. The van der Waals surface area contributed by atoms with Gasteiger partial charge in [0.1, 0.15) is 0 Å². The fourth-order valence-electron chi connectivity index (χ4n) is 3.92. The smallest absolute Gasteiger partial charge is 0.251 e. The second kappa shape index (κ2) is 10.4. The highest BCUT2D eigenvalue weighted by Gasteiger charge is 2.15. The summed E-state index contributed by atoms with van der Waals surface area (Å²) in [6.45, 7) is 10.2. The summed E-state index contributed by atoms with van der Waals surface area (Å²) in [7, 11) is 0. The fourth-order valence-corrected chi connectivity index (χ4v) is 3.92. The number of amides is 1. The van der Waals surface area contributed by atoms with Gasteiger partial charge in [0.2, 0.25) is 0 Å². The molecule has 0 bridgehead atoms. The van der Waals surface area contributed by atoms with Crippen LogP contribution in [0.2, 0.25) is 0 Å². The van der Waals surface area contributed by atoms with E-state index in [1.54, 1.807) is 12.5 Å². The number of hydrogen-bond donors (Lipinski definition) is 1. The summed E-state index contributed by atoms with van der Waals surface area (Å²) in [5.41, 5.74) is 4.26. The van der Waals surface area contributed by atoms with Crippen LogP contribution in [0, 0.1) is 0 Å². The third-order valence-electron chi connectivity index (χ3n) is 5.93. The number of nitrogens with zero attached hydrogens (tertiary/aromatic N) is 4. The second-order valence-electron chi connectivity index (χ2n) is 8.14. The van der Waals surface area contributed by atoms with Crippen LogP contribution in [0.1, 0.15) is 34.0 Å². The van der Waals surface area contributed by atoms with Gasteiger partial charge >= 0.3 is 0 Å². The van der Waals surface area contributed by atoms with Crippen molar-refractivity contribution in [3.8, 4) is 0 Å². The second-order valence-corrected chi connectivity index (χ2v) is 8.14. The first kappa shape index (κ1) is 21.3. The van der Waals surface area contributed by atoms with Gasteiger partial charge in [-0.1, -0.05) is 43.3 Å². The molecule has 3 aromatic rings. The number of carbonyl (C=O) groups excluding carboxylic acids is 1. The number of hydrogen-bond acceptors (Lipinski definition) is 4. The SMILES string of the molecule is CCN1CCN(Cc2ccc(CNC(=O)c3ccc(Cn4ccnc4)cc3)cc2)CC1. The number of carbonyl (C=O) groups is 1. The summed E-state index contributed by atoms with van der Waals surface area (Å²) in [5, 5.41) is 3.02. The lowest BCUT2D eigenvalue weighted by Crippen LogP contribution is -2.45. The molecule has 0 spiro atoms. The molecule has 6 heteroatoms. The Labute approximate surface area is 184 Å².